The number of nitrogens with zero attached hydrogens (tertiary/aromatic N) is 1. The fraction of sp³-hybridized carbons (Fsp3) is 0.650. The second-order valence-electron chi connectivity index (χ2n) is 6.97. The number of ether oxygens (including phenoxy) is 3. The third-order valence-corrected chi connectivity index (χ3v) is 6.06. The molecule has 0 spiro atoms. The summed E-state index contributed by atoms with van der Waals surface area (Å²) in [6.45, 7) is 7.16. The van der Waals surface area contributed by atoms with Crippen molar-refractivity contribution >= 4 is 34.2 Å². The number of hydrogen-bond acceptors (Lipinski definition) is 8. The molecule has 0 aliphatic carbocycles. The molecule has 1 aliphatic rings. The number of carbonyl (C=O) groups excluding carboxylic acids is 3. The van der Waals surface area contributed by atoms with Gasteiger partial charge in [0.15, 0.2) is 0 Å². The molecule has 0 bridgehead atoms. The summed E-state index contributed by atoms with van der Waals surface area (Å²) in [4.78, 5) is 39.9. The Morgan fingerprint density at radius 1 is 1.17 bits per heavy atom. The van der Waals surface area contributed by atoms with Crippen LogP contribution in [0.1, 0.15) is 58.7 Å². The van der Waals surface area contributed by atoms with E-state index in [1.807, 2.05) is 0 Å². The molecule has 0 radical (unpaired) electrons. The molecule has 1 N–H and O–H groups in total. The summed E-state index contributed by atoms with van der Waals surface area (Å²) in [6.07, 6.45) is 3.31. The molecule has 2 heterocycles. The van der Waals surface area contributed by atoms with Crippen LogP contribution in [-0.4, -0.2) is 68.8 Å². The lowest BCUT2D eigenvalue weighted by molar-refractivity contribution is -0.118. The van der Waals surface area contributed by atoms with Crippen LogP contribution in [0.15, 0.2) is 0 Å². The lowest BCUT2D eigenvalue weighted by Crippen LogP contribution is -2.42. The summed E-state index contributed by atoms with van der Waals surface area (Å²) < 4.78 is 15.2. The molecule has 2 rings (SSSR count). The lowest BCUT2D eigenvalue weighted by Gasteiger charge is -2.32. The van der Waals surface area contributed by atoms with Crippen LogP contribution < -0.4 is 5.32 Å². The van der Waals surface area contributed by atoms with Gasteiger partial charge in [0.2, 0.25) is 5.91 Å². The van der Waals surface area contributed by atoms with Crippen LogP contribution in [0.3, 0.4) is 0 Å². The molecular formula is C20H30N2O6S. The first-order chi connectivity index (χ1) is 13.9. The van der Waals surface area contributed by atoms with E-state index in [1.54, 1.807) is 13.8 Å². The number of carbonyl (C=O) groups is 3. The van der Waals surface area contributed by atoms with E-state index in [2.05, 4.69) is 17.1 Å². The summed E-state index contributed by atoms with van der Waals surface area (Å²) in [6, 6.07) is 0.343. The zero-order valence-corrected chi connectivity index (χ0v) is 18.4. The molecule has 0 unspecified atom stereocenters. The van der Waals surface area contributed by atoms with E-state index in [9.17, 15) is 14.4 Å². The van der Waals surface area contributed by atoms with Gasteiger partial charge in [0.1, 0.15) is 16.5 Å². The molecule has 1 fully saturated rings. The van der Waals surface area contributed by atoms with Gasteiger partial charge in [0, 0.05) is 13.2 Å². The molecule has 29 heavy (non-hydrogen) atoms. The summed E-state index contributed by atoms with van der Waals surface area (Å²) in [5, 5.41) is 3.12. The second-order valence-corrected chi connectivity index (χ2v) is 7.99. The predicted octanol–water partition coefficient (Wildman–Crippen LogP) is 2.85. The number of likely N-dealkylation sites (tertiary alicyclic amines) is 1. The quantitative estimate of drug-likeness (QED) is 0.479. The molecule has 162 valence electrons. The van der Waals surface area contributed by atoms with Crippen molar-refractivity contribution in [3.8, 4) is 0 Å². The third-order valence-electron chi connectivity index (χ3n) is 4.87. The number of anilines is 1. The second kappa shape index (κ2) is 11.3. The molecule has 0 saturated carbocycles. The van der Waals surface area contributed by atoms with E-state index in [4.69, 9.17) is 14.2 Å². The van der Waals surface area contributed by atoms with Gasteiger partial charge in [-0.15, -0.1) is 11.3 Å². The van der Waals surface area contributed by atoms with Gasteiger partial charge >= 0.3 is 11.9 Å². The minimum Gasteiger partial charge on any atom is -0.462 e. The van der Waals surface area contributed by atoms with E-state index >= 15 is 0 Å². The molecule has 1 saturated heterocycles. The molecular weight excluding hydrogens is 396 g/mol. The normalized spacial score (nSPS) is 17.0. The SMILES string of the molecule is CCOC(=O)c1c(NC(=O)CN2CCCC[C@H]2C)sc(C(=O)OCCOC)c1C. The third kappa shape index (κ3) is 6.25. The number of amides is 1. The van der Waals surface area contributed by atoms with Gasteiger partial charge in [-0.1, -0.05) is 6.42 Å². The Kier molecular flexibility index (Phi) is 9.06. The molecule has 1 aliphatic heterocycles. The Bertz CT molecular complexity index is 733. The first-order valence-corrected chi connectivity index (χ1v) is 10.7. The minimum absolute atomic E-state index is 0.107. The summed E-state index contributed by atoms with van der Waals surface area (Å²) in [5.41, 5.74) is 0.646. The van der Waals surface area contributed by atoms with Gasteiger partial charge in [0.05, 0.1) is 25.3 Å². The lowest BCUT2D eigenvalue weighted by atomic mass is 10.0. The maximum absolute atomic E-state index is 12.6. The fourth-order valence-corrected chi connectivity index (χ4v) is 4.38. The number of rotatable bonds is 9. The van der Waals surface area contributed by atoms with Crippen molar-refractivity contribution in [2.24, 2.45) is 0 Å². The predicted molar refractivity (Wildman–Crippen MR) is 111 cm³/mol. The van der Waals surface area contributed by atoms with Crippen LogP contribution in [0.4, 0.5) is 5.00 Å². The van der Waals surface area contributed by atoms with Crippen LogP contribution >= 0.6 is 11.3 Å². The summed E-state index contributed by atoms with van der Waals surface area (Å²) in [7, 11) is 1.51. The summed E-state index contributed by atoms with van der Waals surface area (Å²) in [5.74, 6) is -1.34. The van der Waals surface area contributed by atoms with Crippen LogP contribution in [0.5, 0.6) is 0 Å². The Balaban J connectivity index is 2.19. The first kappa shape index (κ1) is 23.3. The highest BCUT2D eigenvalue weighted by Crippen LogP contribution is 2.34. The molecule has 9 heteroatoms. The fourth-order valence-electron chi connectivity index (χ4n) is 3.27. The van der Waals surface area contributed by atoms with Crippen LogP contribution in [0.25, 0.3) is 0 Å². The van der Waals surface area contributed by atoms with Crippen LogP contribution in [0, 0.1) is 6.92 Å². The smallest absolute Gasteiger partial charge is 0.348 e. The highest BCUT2D eigenvalue weighted by molar-refractivity contribution is 7.18. The van der Waals surface area contributed by atoms with Crippen molar-refractivity contribution in [1.29, 1.82) is 0 Å². The van der Waals surface area contributed by atoms with E-state index in [0.29, 0.717) is 16.6 Å². The number of thiophene rings is 1. The largest absolute Gasteiger partial charge is 0.462 e. The highest BCUT2D eigenvalue weighted by atomic mass is 32.1. The van der Waals surface area contributed by atoms with E-state index < -0.39 is 11.9 Å². The Hall–Kier alpha value is -1.97. The Morgan fingerprint density at radius 2 is 1.93 bits per heavy atom. The number of piperidine rings is 1. The van der Waals surface area contributed by atoms with Crippen molar-refractivity contribution in [2.45, 2.75) is 46.1 Å². The average molecular weight is 427 g/mol. The first-order valence-electron chi connectivity index (χ1n) is 9.89. The summed E-state index contributed by atoms with van der Waals surface area (Å²) >= 11 is 1.03. The Morgan fingerprint density at radius 3 is 2.59 bits per heavy atom. The molecule has 8 nitrogen and oxygen atoms in total. The monoisotopic (exact) mass is 426 g/mol. The van der Waals surface area contributed by atoms with Gasteiger partial charge in [-0.25, -0.2) is 9.59 Å². The van der Waals surface area contributed by atoms with E-state index in [1.165, 1.54) is 13.5 Å². The standard InChI is InChI=1S/C20H30N2O6S/c1-5-27-19(24)16-14(3)17(20(25)28-11-10-26-4)29-18(16)21-15(23)12-22-9-7-6-8-13(22)2/h13H,5-12H2,1-4H3,(H,21,23)/t13-/m1/s1. The number of hydrogen-bond donors (Lipinski definition) is 1. The maximum Gasteiger partial charge on any atom is 0.348 e. The van der Waals surface area contributed by atoms with Crippen LogP contribution in [0.2, 0.25) is 0 Å². The van der Waals surface area contributed by atoms with Gasteiger partial charge in [-0.3, -0.25) is 9.69 Å². The van der Waals surface area contributed by atoms with Gasteiger partial charge in [-0.05, 0) is 45.7 Å². The van der Waals surface area contributed by atoms with Crippen molar-refractivity contribution < 1.29 is 28.6 Å². The topological polar surface area (TPSA) is 94.2 Å². The number of esters is 2. The van der Waals surface area contributed by atoms with Gasteiger partial charge in [0.25, 0.3) is 0 Å². The average Bonchev–Trinajstić information content (AvgIpc) is 3.00. The van der Waals surface area contributed by atoms with Gasteiger partial charge < -0.3 is 19.5 Å². The Labute approximate surface area is 175 Å². The van der Waals surface area contributed by atoms with Crippen LogP contribution in [-0.2, 0) is 19.0 Å². The molecule has 1 amide bonds. The zero-order chi connectivity index (χ0) is 21.4. The molecule has 1 aromatic rings. The highest BCUT2D eigenvalue weighted by Gasteiger charge is 2.28. The van der Waals surface area contributed by atoms with Crippen molar-refractivity contribution in [3.05, 3.63) is 16.0 Å². The van der Waals surface area contributed by atoms with E-state index in [-0.39, 0.29) is 42.7 Å². The minimum atomic E-state index is -0.571. The van der Waals surface area contributed by atoms with E-state index in [0.717, 1.165) is 30.7 Å². The van der Waals surface area contributed by atoms with Crippen molar-refractivity contribution in [1.82, 2.24) is 4.90 Å². The number of methoxy groups -OCH3 is 1. The molecule has 1 atom stereocenters. The van der Waals surface area contributed by atoms with Crippen molar-refractivity contribution in [2.75, 3.05) is 45.3 Å². The number of nitrogens with one attached hydrogen (secondary N) is 1. The zero-order valence-electron chi connectivity index (χ0n) is 17.5. The molecule has 1 aromatic heterocycles. The van der Waals surface area contributed by atoms with Gasteiger partial charge in [-0.2, -0.15) is 0 Å². The maximum atomic E-state index is 12.6. The van der Waals surface area contributed by atoms with Crippen molar-refractivity contribution in [3.63, 3.8) is 0 Å². The molecule has 0 aromatic carbocycles.